The lowest BCUT2D eigenvalue weighted by molar-refractivity contribution is 0.361. The number of benzene rings is 3. The molecule has 4 aromatic rings. The number of aromatic nitrogens is 1. The fraction of sp³-hybridized carbons (Fsp3) is 0.250. The molecular weight excluding hydrogens is 474 g/mol. The standard InChI is InChI=1S/C28H30ClN5S/c1-18-7-10-23(26-27(30)21-5-3-4-6-25(21)35-28(18)26)33-14-16-34(2)15-13-32-22-11-12-31-24-17-19(29)8-9-20(22)24/h3-12,17,27,33H,13-16,30H2,1-2H3,(H,31,32). The van der Waals surface area contributed by atoms with Crippen molar-refractivity contribution in [3.63, 3.8) is 0 Å². The summed E-state index contributed by atoms with van der Waals surface area (Å²) in [7, 11) is 2.15. The van der Waals surface area contributed by atoms with E-state index in [1.165, 1.54) is 26.5 Å². The van der Waals surface area contributed by atoms with Gasteiger partial charge in [0.1, 0.15) is 0 Å². The van der Waals surface area contributed by atoms with Crippen LogP contribution in [0.15, 0.2) is 76.7 Å². The molecule has 2 heterocycles. The van der Waals surface area contributed by atoms with E-state index in [0.29, 0.717) is 5.02 Å². The molecule has 0 aliphatic carbocycles. The van der Waals surface area contributed by atoms with Crippen LogP contribution >= 0.6 is 23.4 Å². The number of nitrogens with one attached hydrogen (secondary N) is 2. The Morgan fingerprint density at radius 3 is 2.60 bits per heavy atom. The van der Waals surface area contributed by atoms with Crippen LogP contribution in [0.5, 0.6) is 0 Å². The highest BCUT2D eigenvalue weighted by atomic mass is 35.5. The smallest absolute Gasteiger partial charge is 0.0737 e. The van der Waals surface area contributed by atoms with Gasteiger partial charge in [0.05, 0.1) is 11.6 Å². The number of anilines is 2. The van der Waals surface area contributed by atoms with E-state index < -0.39 is 0 Å². The van der Waals surface area contributed by atoms with Gasteiger partial charge in [0.2, 0.25) is 0 Å². The first kappa shape index (κ1) is 23.9. The van der Waals surface area contributed by atoms with Gasteiger partial charge in [0.15, 0.2) is 0 Å². The minimum Gasteiger partial charge on any atom is -0.383 e. The highest BCUT2D eigenvalue weighted by Gasteiger charge is 2.27. The third-order valence-corrected chi connectivity index (χ3v) is 8.07. The Kier molecular flexibility index (Phi) is 7.16. The van der Waals surface area contributed by atoms with Crippen LogP contribution in [-0.4, -0.2) is 43.1 Å². The zero-order valence-electron chi connectivity index (χ0n) is 20.0. The maximum absolute atomic E-state index is 6.74. The molecule has 1 aliphatic rings. The molecular formula is C28H30ClN5S. The number of nitrogens with zero attached hydrogens (tertiary/aromatic N) is 2. The molecule has 0 saturated heterocycles. The summed E-state index contributed by atoms with van der Waals surface area (Å²) in [4.78, 5) is 9.28. The Morgan fingerprint density at radius 2 is 1.77 bits per heavy atom. The van der Waals surface area contributed by atoms with E-state index in [1.54, 1.807) is 0 Å². The number of pyridine rings is 1. The molecule has 4 N–H and O–H groups in total. The fourth-order valence-corrected chi connectivity index (χ4v) is 5.97. The lowest BCUT2D eigenvalue weighted by Crippen LogP contribution is -2.30. The van der Waals surface area contributed by atoms with Crippen molar-refractivity contribution < 1.29 is 0 Å². The number of rotatable bonds is 8. The molecule has 0 fully saturated rings. The van der Waals surface area contributed by atoms with E-state index in [9.17, 15) is 0 Å². The molecule has 1 aromatic heterocycles. The summed E-state index contributed by atoms with van der Waals surface area (Å²) < 4.78 is 0. The van der Waals surface area contributed by atoms with E-state index in [1.807, 2.05) is 42.2 Å². The molecule has 1 unspecified atom stereocenters. The molecule has 5 rings (SSSR count). The highest BCUT2D eigenvalue weighted by molar-refractivity contribution is 7.99. The first-order chi connectivity index (χ1) is 17.0. The second-order valence-electron chi connectivity index (χ2n) is 8.97. The van der Waals surface area contributed by atoms with Crippen molar-refractivity contribution in [1.29, 1.82) is 0 Å². The average Bonchev–Trinajstić information content (AvgIpc) is 2.85. The van der Waals surface area contributed by atoms with E-state index in [4.69, 9.17) is 17.3 Å². The zero-order chi connectivity index (χ0) is 24.4. The van der Waals surface area contributed by atoms with Crippen LogP contribution in [0, 0.1) is 6.92 Å². The van der Waals surface area contributed by atoms with E-state index in [2.05, 4.69) is 70.9 Å². The minimum absolute atomic E-state index is 0.114. The van der Waals surface area contributed by atoms with Gasteiger partial charge in [-0.15, -0.1) is 0 Å². The maximum atomic E-state index is 6.74. The summed E-state index contributed by atoms with van der Waals surface area (Å²) in [5.74, 6) is 0. The molecule has 5 nitrogen and oxygen atoms in total. The van der Waals surface area contributed by atoms with Crippen molar-refractivity contribution >= 4 is 45.6 Å². The molecule has 0 spiro atoms. The van der Waals surface area contributed by atoms with Crippen molar-refractivity contribution in [2.75, 3.05) is 43.9 Å². The maximum Gasteiger partial charge on any atom is 0.0737 e. The van der Waals surface area contributed by atoms with E-state index >= 15 is 0 Å². The monoisotopic (exact) mass is 503 g/mol. The van der Waals surface area contributed by atoms with Gasteiger partial charge in [-0.25, -0.2) is 0 Å². The van der Waals surface area contributed by atoms with Gasteiger partial charge in [-0.3, -0.25) is 4.98 Å². The second-order valence-corrected chi connectivity index (χ2v) is 10.5. The van der Waals surface area contributed by atoms with Gasteiger partial charge in [-0.1, -0.05) is 47.6 Å². The van der Waals surface area contributed by atoms with Gasteiger partial charge < -0.3 is 21.3 Å². The predicted octanol–water partition coefficient (Wildman–Crippen LogP) is 6.17. The summed E-state index contributed by atoms with van der Waals surface area (Å²) in [5, 5.41) is 8.98. The Balaban J connectivity index is 1.17. The minimum atomic E-state index is -0.114. The Morgan fingerprint density at radius 1 is 1.00 bits per heavy atom. The Labute approximate surface area is 216 Å². The summed E-state index contributed by atoms with van der Waals surface area (Å²) in [6.07, 6.45) is 1.82. The third kappa shape index (κ3) is 5.11. The molecule has 0 saturated carbocycles. The zero-order valence-corrected chi connectivity index (χ0v) is 21.6. The molecule has 1 atom stereocenters. The summed E-state index contributed by atoms with van der Waals surface area (Å²) >= 11 is 7.93. The lowest BCUT2D eigenvalue weighted by Gasteiger charge is -2.29. The van der Waals surface area contributed by atoms with Crippen LogP contribution in [-0.2, 0) is 0 Å². The number of hydrogen-bond acceptors (Lipinski definition) is 6. The number of nitrogens with two attached hydrogens (primary N) is 1. The normalized spacial score (nSPS) is 14.6. The SMILES string of the molecule is Cc1ccc(NCCN(C)CCNc2ccnc3cc(Cl)ccc23)c2c1Sc1ccccc1C2N. The Bertz CT molecular complexity index is 1360. The first-order valence-corrected chi connectivity index (χ1v) is 13.1. The number of likely N-dealkylation sites (N-methyl/N-ethyl adjacent to an activating group) is 1. The molecule has 7 heteroatoms. The van der Waals surface area contributed by atoms with Crippen molar-refractivity contribution in [3.8, 4) is 0 Å². The highest BCUT2D eigenvalue weighted by Crippen LogP contribution is 2.47. The fourth-order valence-electron chi connectivity index (χ4n) is 4.55. The van der Waals surface area contributed by atoms with Gasteiger partial charge in [-0.05, 0) is 61.5 Å². The van der Waals surface area contributed by atoms with Gasteiger partial charge in [0.25, 0.3) is 0 Å². The topological polar surface area (TPSA) is 66.2 Å². The molecule has 0 amide bonds. The summed E-state index contributed by atoms with van der Waals surface area (Å²) in [5.41, 5.74) is 13.5. The second kappa shape index (κ2) is 10.5. The number of hydrogen-bond donors (Lipinski definition) is 3. The van der Waals surface area contributed by atoms with Crippen LogP contribution in [0.25, 0.3) is 10.9 Å². The quantitative estimate of drug-likeness (QED) is 0.267. The van der Waals surface area contributed by atoms with Gasteiger partial charge in [-0.2, -0.15) is 0 Å². The predicted molar refractivity (Wildman–Crippen MR) is 149 cm³/mol. The number of aryl methyl sites for hydroxylation is 1. The van der Waals surface area contributed by atoms with Crippen LogP contribution in [0.1, 0.15) is 22.7 Å². The molecule has 1 aliphatic heterocycles. The lowest BCUT2D eigenvalue weighted by atomic mass is 9.95. The van der Waals surface area contributed by atoms with Gasteiger partial charge in [0, 0.05) is 69.5 Å². The first-order valence-electron chi connectivity index (χ1n) is 11.9. The number of fused-ring (bicyclic) bond motifs is 3. The molecule has 180 valence electrons. The number of halogens is 1. The Hall–Kier alpha value is -2.77. The third-order valence-electron chi connectivity index (χ3n) is 6.49. The van der Waals surface area contributed by atoms with Crippen LogP contribution in [0.2, 0.25) is 5.02 Å². The van der Waals surface area contributed by atoms with E-state index in [0.717, 1.165) is 48.5 Å². The molecule has 3 aromatic carbocycles. The summed E-state index contributed by atoms with van der Waals surface area (Å²) in [6, 6.07) is 20.5. The summed E-state index contributed by atoms with van der Waals surface area (Å²) in [6.45, 7) is 5.71. The van der Waals surface area contributed by atoms with Crippen molar-refractivity contribution in [2.24, 2.45) is 5.73 Å². The molecule has 0 radical (unpaired) electrons. The van der Waals surface area contributed by atoms with Crippen molar-refractivity contribution in [3.05, 3.63) is 88.6 Å². The van der Waals surface area contributed by atoms with Crippen LogP contribution in [0.4, 0.5) is 11.4 Å². The molecule has 35 heavy (non-hydrogen) atoms. The largest absolute Gasteiger partial charge is 0.383 e. The van der Waals surface area contributed by atoms with Crippen molar-refractivity contribution in [2.45, 2.75) is 22.8 Å². The molecule has 0 bridgehead atoms. The van der Waals surface area contributed by atoms with Crippen molar-refractivity contribution in [1.82, 2.24) is 9.88 Å². The van der Waals surface area contributed by atoms with Crippen LogP contribution in [0.3, 0.4) is 0 Å². The van der Waals surface area contributed by atoms with Gasteiger partial charge >= 0.3 is 0 Å². The average molecular weight is 504 g/mol. The van der Waals surface area contributed by atoms with Crippen LogP contribution < -0.4 is 16.4 Å². The van der Waals surface area contributed by atoms with E-state index in [-0.39, 0.29) is 6.04 Å².